The van der Waals surface area contributed by atoms with E-state index in [0.29, 0.717) is 12.8 Å². The van der Waals surface area contributed by atoms with Gasteiger partial charge in [0.1, 0.15) is 0 Å². The maximum atomic E-state index is 11.5. The fourth-order valence-corrected chi connectivity index (χ4v) is 4.91. The van der Waals surface area contributed by atoms with Crippen molar-refractivity contribution < 1.29 is 47.6 Å². The average molecular weight is 457 g/mol. The molecule has 0 heterocycles. The van der Waals surface area contributed by atoms with Crippen LogP contribution in [-0.4, -0.2) is 29.4 Å². The van der Waals surface area contributed by atoms with E-state index in [-0.39, 0.29) is 35.7 Å². The summed E-state index contributed by atoms with van der Waals surface area (Å²) in [5.41, 5.74) is 0. The third-order valence-electron chi connectivity index (χ3n) is 5.99. The molecule has 0 radical (unpaired) electrons. The minimum Gasteiger partial charge on any atom is -0.748 e. The van der Waals surface area contributed by atoms with Crippen LogP contribution >= 0.6 is 0 Å². The van der Waals surface area contributed by atoms with Gasteiger partial charge in [0.2, 0.25) is 0 Å². The standard InChI is InChI=1S/C24H50O4S.Na/c1-3-5-7-8-9-10-11-12-13-17-21-24(29(26,27)28)22-18-14-16-20-23(25)19-15-6-4-2;/h23-25H,3-22H2,1-2H3,(H,26,27,28);/q;+1/p-1. The molecule has 0 aromatic rings. The van der Waals surface area contributed by atoms with Crippen LogP contribution in [0.15, 0.2) is 0 Å². The number of aliphatic hydroxyl groups is 1. The second-order valence-corrected chi connectivity index (χ2v) is 10.5. The first-order valence-electron chi connectivity index (χ1n) is 12.5. The molecule has 0 bridgehead atoms. The second-order valence-electron chi connectivity index (χ2n) is 8.87. The zero-order valence-electron chi connectivity index (χ0n) is 20.4. The van der Waals surface area contributed by atoms with Gasteiger partial charge < -0.3 is 9.66 Å². The van der Waals surface area contributed by atoms with Crippen molar-refractivity contribution in [1.29, 1.82) is 0 Å². The molecule has 0 aliphatic rings. The van der Waals surface area contributed by atoms with Gasteiger partial charge in [0.15, 0.2) is 0 Å². The number of rotatable bonds is 22. The first-order valence-corrected chi connectivity index (χ1v) is 14.0. The largest absolute Gasteiger partial charge is 1.00 e. The third kappa shape index (κ3) is 22.1. The molecule has 0 amide bonds. The van der Waals surface area contributed by atoms with Crippen LogP contribution in [0.4, 0.5) is 0 Å². The van der Waals surface area contributed by atoms with E-state index in [0.717, 1.165) is 64.2 Å². The molecule has 176 valence electrons. The van der Waals surface area contributed by atoms with E-state index in [1.807, 2.05) is 0 Å². The minimum absolute atomic E-state index is 0. The van der Waals surface area contributed by atoms with Crippen molar-refractivity contribution >= 4 is 10.1 Å². The van der Waals surface area contributed by atoms with Crippen LogP contribution in [0.3, 0.4) is 0 Å². The van der Waals surface area contributed by atoms with Crippen molar-refractivity contribution in [2.24, 2.45) is 0 Å². The van der Waals surface area contributed by atoms with E-state index in [4.69, 9.17) is 0 Å². The molecular weight excluding hydrogens is 407 g/mol. The van der Waals surface area contributed by atoms with E-state index < -0.39 is 15.4 Å². The number of unbranched alkanes of at least 4 members (excludes halogenated alkanes) is 13. The zero-order valence-corrected chi connectivity index (χ0v) is 23.2. The van der Waals surface area contributed by atoms with Crippen LogP contribution < -0.4 is 29.6 Å². The molecule has 0 aliphatic heterocycles. The predicted molar refractivity (Wildman–Crippen MR) is 123 cm³/mol. The smallest absolute Gasteiger partial charge is 0.748 e. The fourth-order valence-electron chi connectivity index (χ4n) is 4.00. The van der Waals surface area contributed by atoms with Crippen molar-refractivity contribution in [1.82, 2.24) is 0 Å². The molecule has 0 spiro atoms. The summed E-state index contributed by atoms with van der Waals surface area (Å²) in [5.74, 6) is 0. The summed E-state index contributed by atoms with van der Waals surface area (Å²) in [4.78, 5) is 0. The van der Waals surface area contributed by atoms with Gasteiger partial charge in [-0.2, -0.15) is 0 Å². The Labute approximate surface area is 210 Å². The molecule has 0 saturated carbocycles. The van der Waals surface area contributed by atoms with E-state index in [1.165, 1.54) is 51.4 Å². The maximum absolute atomic E-state index is 11.5. The SMILES string of the molecule is CCCCCCCCCCCCC(CCCCCC(O)CCCCC)S(=O)(=O)[O-].[Na+]. The van der Waals surface area contributed by atoms with Crippen molar-refractivity contribution in [3.8, 4) is 0 Å². The Hall–Kier alpha value is 0.870. The molecule has 0 aromatic heterocycles. The summed E-state index contributed by atoms with van der Waals surface area (Å²) >= 11 is 0. The predicted octanol–water partition coefficient (Wildman–Crippen LogP) is 4.11. The van der Waals surface area contributed by atoms with Gasteiger partial charge in [-0.05, 0) is 25.7 Å². The zero-order chi connectivity index (χ0) is 21.8. The summed E-state index contributed by atoms with van der Waals surface area (Å²) in [6, 6.07) is 0. The molecule has 1 N–H and O–H groups in total. The molecule has 6 heteroatoms. The molecular formula is C24H49NaO4S. The molecule has 2 unspecified atom stereocenters. The Morgan fingerprint density at radius 1 is 0.600 bits per heavy atom. The van der Waals surface area contributed by atoms with E-state index in [1.54, 1.807) is 0 Å². The van der Waals surface area contributed by atoms with Gasteiger partial charge in [-0.25, -0.2) is 8.42 Å². The van der Waals surface area contributed by atoms with Gasteiger partial charge in [-0.15, -0.1) is 0 Å². The van der Waals surface area contributed by atoms with E-state index in [9.17, 15) is 18.1 Å². The van der Waals surface area contributed by atoms with Crippen molar-refractivity contribution in [2.45, 2.75) is 154 Å². The number of hydrogen-bond acceptors (Lipinski definition) is 4. The molecule has 4 nitrogen and oxygen atoms in total. The van der Waals surface area contributed by atoms with Crippen LogP contribution in [-0.2, 0) is 10.1 Å². The Bertz CT molecular complexity index is 442. The molecule has 0 aromatic carbocycles. The van der Waals surface area contributed by atoms with E-state index in [2.05, 4.69) is 13.8 Å². The Balaban J connectivity index is 0. The molecule has 0 aliphatic carbocycles. The molecule has 30 heavy (non-hydrogen) atoms. The third-order valence-corrected chi connectivity index (χ3v) is 7.28. The normalized spacial score (nSPS) is 13.7. The second kappa shape index (κ2) is 23.0. The summed E-state index contributed by atoms with van der Waals surface area (Å²) < 4.78 is 34.6. The first kappa shape index (κ1) is 33.0. The Kier molecular flexibility index (Phi) is 25.4. The van der Waals surface area contributed by atoms with Crippen LogP contribution in [0, 0.1) is 0 Å². The quantitative estimate of drug-likeness (QED) is 0.151. The van der Waals surface area contributed by atoms with Gasteiger partial charge in [0, 0.05) is 5.25 Å². The molecule has 0 rings (SSSR count). The fraction of sp³-hybridized carbons (Fsp3) is 1.00. The van der Waals surface area contributed by atoms with Gasteiger partial charge in [-0.1, -0.05) is 117 Å². The topological polar surface area (TPSA) is 77.4 Å². The van der Waals surface area contributed by atoms with Crippen LogP contribution in [0.5, 0.6) is 0 Å². The summed E-state index contributed by atoms with van der Waals surface area (Å²) in [5, 5.41) is 9.21. The average Bonchev–Trinajstić information content (AvgIpc) is 2.66. The van der Waals surface area contributed by atoms with Gasteiger partial charge in [0.25, 0.3) is 0 Å². The number of hydrogen-bond donors (Lipinski definition) is 1. The summed E-state index contributed by atoms with van der Waals surface area (Å²) in [6.45, 7) is 4.39. The minimum atomic E-state index is -4.19. The Morgan fingerprint density at radius 3 is 1.33 bits per heavy atom. The summed E-state index contributed by atoms with van der Waals surface area (Å²) in [6.07, 6.45) is 20.5. The van der Waals surface area contributed by atoms with Crippen molar-refractivity contribution in [3.05, 3.63) is 0 Å². The van der Waals surface area contributed by atoms with Gasteiger partial charge >= 0.3 is 29.6 Å². The number of aliphatic hydroxyl groups excluding tert-OH is 1. The maximum Gasteiger partial charge on any atom is 1.00 e. The molecule has 0 fully saturated rings. The van der Waals surface area contributed by atoms with Crippen LogP contribution in [0.2, 0.25) is 0 Å². The van der Waals surface area contributed by atoms with Gasteiger partial charge in [-0.3, -0.25) is 0 Å². The van der Waals surface area contributed by atoms with Crippen molar-refractivity contribution in [2.75, 3.05) is 0 Å². The van der Waals surface area contributed by atoms with Crippen LogP contribution in [0.1, 0.15) is 142 Å². The van der Waals surface area contributed by atoms with Crippen LogP contribution in [0.25, 0.3) is 0 Å². The first-order chi connectivity index (χ1) is 13.9. The van der Waals surface area contributed by atoms with Crippen molar-refractivity contribution in [3.63, 3.8) is 0 Å². The van der Waals surface area contributed by atoms with E-state index >= 15 is 0 Å². The monoisotopic (exact) mass is 456 g/mol. The molecule has 2 atom stereocenters. The van der Waals surface area contributed by atoms with Gasteiger partial charge in [0.05, 0.1) is 16.2 Å². The summed E-state index contributed by atoms with van der Waals surface area (Å²) in [7, 11) is -4.19. The molecule has 0 saturated heterocycles. The Morgan fingerprint density at radius 2 is 0.900 bits per heavy atom.